The number of β-amino-alcohol motifs (C(OH)–C–C–N with tert-alkyl or cyclic N) is 1. The van der Waals surface area contributed by atoms with E-state index in [1.165, 1.54) is 19.2 Å². The van der Waals surface area contributed by atoms with Crippen LogP contribution in [0.2, 0.25) is 0 Å². The van der Waals surface area contributed by atoms with Crippen LogP contribution in [0.25, 0.3) is 0 Å². The van der Waals surface area contributed by atoms with E-state index in [0.717, 1.165) is 31.4 Å². The van der Waals surface area contributed by atoms with E-state index < -0.39 is 29.5 Å². The Labute approximate surface area is 233 Å². The van der Waals surface area contributed by atoms with Crippen LogP contribution in [0, 0.1) is 11.3 Å². The molecule has 3 atom stereocenters. The van der Waals surface area contributed by atoms with Crippen LogP contribution in [-0.4, -0.2) is 53.3 Å². The minimum atomic E-state index is -4.53. The monoisotopic (exact) mass is 558 g/mol. The van der Waals surface area contributed by atoms with E-state index in [4.69, 9.17) is 9.73 Å². The van der Waals surface area contributed by atoms with Crippen molar-refractivity contribution in [1.82, 2.24) is 4.90 Å². The zero-order valence-electron chi connectivity index (χ0n) is 23.4. The lowest BCUT2D eigenvalue weighted by atomic mass is 9.76. The van der Waals surface area contributed by atoms with Gasteiger partial charge >= 0.3 is 12.1 Å². The molecular formula is C31H37F3N2O4. The summed E-state index contributed by atoms with van der Waals surface area (Å²) in [6.07, 6.45) is -1.58. The van der Waals surface area contributed by atoms with E-state index in [9.17, 15) is 27.9 Å². The van der Waals surface area contributed by atoms with Crippen LogP contribution >= 0.6 is 0 Å². The summed E-state index contributed by atoms with van der Waals surface area (Å²) >= 11 is 0. The topological polar surface area (TPSA) is 79.2 Å². The van der Waals surface area contributed by atoms with E-state index in [-0.39, 0.29) is 35.6 Å². The normalized spacial score (nSPS) is 23.4. The number of halogens is 3. The Kier molecular flexibility index (Phi) is 8.57. The number of benzene rings is 2. The lowest BCUT2D eigenvalue weighted by Gasteiger charge is -2.45. The Bertz CT molecular complexity index is 1270. The van der Waals surface area contributed by atoms with Crippen molar-refractivity contribution >= 4 is 17.5 Å². The molecule has 2 aromatic carbocycles. The van der Waals surface area contributed by atoms with Gasteiger partial charge in [0.15, 0.2) is 5.78 Å². The van der Waals surface area contributed by atoms with Gasteiger partial charge in [0, 0.05) is 12.1 Å². The molecule has 0 saturated heterocycles. The highest BCUT2D eigenvalue weighted by Gasteiger charge is 2.45. The van der Waals surface area contributed by atoms with E-state index in [1.54, 1.807) is 24.3 Å². The number of nitrogens with zero attached hydrogens (tertiary/aromatic N) is 2. The van der Waals surface area contributed by atoms with Gasteiger partial charge in [0.25, 0.3) is 0 Å². The molecule has 1 saturated carbocycles. The van der Waals surface area contributed by atoms with Crippen molar-refractivity contribution in [1.29, 1.82) is 0 Å². The number of aliphatic imine (C=N–C) groups is 1. The average molecular weight is 559 g/mol. The van der Waals surface area contributed by atoms with Crippen LogP contribution in [0.15, 0.2) is 53.5 Å². The van der Waals surface area contributed by atoms with Gasteiger partial charge in [-0.15, -0.1) is 0 Å². The molecule has 0 radical (unpaired) electrons. The molecule has 1 aliphatic carbocycles. The fraction of sp³-hybridized carbons (Fsp3) is 0.516. The van der Waals surface area contributed by atoms with Crippen molar-refractivity contribution in [2.75, 3.05) is 20.2 Å². The average Bonchev–Trinajstić information content (AvgIpc) is 3.13. The number of carbonyl (C=O) groups is 2. The summed E-state index contributed by atoms with van der Waals surface area (Å²) in [5, 5.41) is 11.2. The second kappa shape index (κ2) is 11.4. The standard InChI is InChI=1S/C31H37F3N2O4/c1-29(2,3)23-9-6-15-30(16-14-23)35-27(22-7-5-8-24(17-22)31(32,33)34)26(38)19-36(30)18-25(37)20-10-12-21(13-11-20)28(39)40-4/h5,7-8,10-13,17,23,25,37H,6,9,14-16,18-19H2,1-4H3. The quantitative estimate of drug-likeness (QED) is 0.441. The summed E-state index contributed by atoms with van der Waals surface area (Å²) in [4.78, 5) is 32.0. The minimum Gasteiger partial charge on any atom is -0.465 e. The molecule has 2 aromatic rings. The molecule has 1 aliphatic heterocycles. The summed E-state index contributed by atoms with van der Waals surface area (Å²) < 4.78 is 45.1. The number of ether oxygens (including phenoxy) is 1. The van der Waals surface area contributed by atoms with Crippen LogP contribution in [0.3, 0.4) is 0 Å². The Morgan fingerprint density at radius 2 is 1.82 bits per heavy atom. The largest absolute Gasteiger partial charge is 0.465 e. The van der Waals surface area contributed by atoms with Gasteiger partial charge in [0.2, 0.25) is 0 Å². The molecule has 1 fully saturated rings. The third-order valence-electron chi connectivity index (χ3n) is 8.33. The second-order valence-corrected chi connectivity index (χ2v) is 11.9. The molecule has 216 valence electrons. The van der Waals surface area contributed by atoms with Crippen molar-refractivity contribution in [3.05, 3.63) is 70.8 Å². The predicted molar refractivity (Wildman–Crippen MR) is 146 cm³/mol. The van der Waals surface area contributed by atoms with Gasteiger partial charge in [-0.1, -0.05) is 45.0 Å². The number of Topliss-reactive ketones (excluding diaryl/α,β-unsaturated/α-hetero) is 1. The van der Waals surface area contributed by atoms with Crippen molar-refractivity contribution in [2.24, 2.45) is 16.3 Å². The number of hydrogen-bond donors (Lipinski definition) is 1. The molecule has 40 heavy (non-hydrogen) atoms. The van der Waals surface area contributed by atoms with Gasteiger partial charge in [-0.3, -0.25) is 14.7 Å². The van der Waals surface area contributed by atoms with E-state index >= 15 is 0 Å². The number of alkyl halides is 3. The maximum absolute atomic E-state index is 13.5. The number of methoxy groups -OCH3 is 1. The van der Waals surface area contributed by atoms with Crippen molar-refractivity contribution in [3.63, 3.8) is 0 Å². The Morgan fingerprint density at radius 1 is 1.12 bits per heavy atom. The van der Waals surface area contributed by atoms with Crippen molar-refractivity contribution in [2.45, 2.75) is 70.8 Å². The van der Waals surface area contributed by atoms with E-state index in [0.29, 0.717) is 29.9 Å². The van der Waals surface area contributed by atoms with Crippen molar-refractivity contribution < 1.29 is 32.6 Å². The molecule has 1 heterocycles. The van der Waals surface area contributed by atoms with Crippen LogP contribution < -0.4 is 0 Å². The Balaban J connectivity index is 1.70. The molecule has 2 aliphatic rings. The molecule has 0 aromatic heterocycles. The molecule has 1 spiro atoms. The second-order valence-electron chi connectivity index (χ2n) is 11.9. The van der Waals surface area contributed by atoms with Crippen molar-refractivity contribution in [3.8, 4) is 0 Å². The number of hydrogen-bond acceptors (Lipinski definition) is 6. The van der Waals surface area contributed by atoms with Gasteiger partial charge in [-0.05, 0) is 73.3 Å². The maximum atomic E-state index is 13.5. The van der Waals surface area contributed by atoms with Gasteiger partial charge in [0.1, 0.15) is 11.4 Å². The summed E-state index contributed by atoms with van der Waals surface area (Å²) in [7, 11) is 1.29. The summed E-state index contributed by atoms with van der Waals surface area (Å²) in [5.74, 6) is -0.436. The maximum Gasteiger partial charge on any atom is 0.416 e. The van der Waals surface area contributed by atoms with Crippen LogP contribution in [-0.2, 0) is 15.7 Å². The SMILES string of the molecule is COC(=O)c1ccc(C(O)CN2CC(=O)C(c3cccc(C(F)(F)F)c3)=NC23CCCC(C(C)(C)C)CC3)cc1. The highest BCUT2D eigenvalue weighted by Crippen LogP contribution is 2.44. The van der Waals surface area contributed by atoms with Crippen LogP contribution in [0.5, 0.6) is 0 Å². The number of rotatable bonds is 5. The number of esters is 1. The highest BCUT2D eigenvalue weighted by atomic mass is 19.4. The third kappa shape index (κ3) is 6.47. The molecule has 4 rings (SSSR count). The molecule has 1 N–H and O–H groups in total. The van der Waals surface area contributed by atoms with Crippen LogP contribution in [0.1, 0.15) is 86.0 Å². The zero-order chi connectivity index (χ0) is 29.3. The first kappa shape index (κ1) is 29.9. The summed E-state index contributed by atoms with van der Waals surface area (Å²) in [6.45, 7) is 6.67. The number of ketones is 1. The lowest BCUT2D eigenvalue weighted by molar-refractivity contribution is -0.137. The fourth-order valence-corrected chi connectivity index (χ4v) is 5.91. The van der Waals surface area contributed by atoms with E-state index in [1.807, 2.05) is 4.90 Å². The van der Waals surface area contributed by atoms with E-state index in [2.05, 4.69) is 20.8 Å². The zero-order valence-corrected chi connectivity index (χ0v) is 23.4. The smallest absolute Gasteiger partial charge is 0.416 e. The molecule has 6 nitrogen and oxygen atoms in total. The van der Waals surface area contributed by atoms with Gasteiger partial charge in [0.05, 0.1) is 30.9 Å². The first-order valence-corrected chi connectivity index (χ1v) is 13.7. The first-order valence-electron chi connectivity index (χ1n) is 13.7. The molecule has 0 bridgehead atoms. The molecule has 0 amide bonds. The van der Waals surface area contributed by atoms with Gasteiger partial charge in [-0.25, -0.2) is 4.79 Å². The summed E-state index contributed by atoms with van der Waals surface area (Å²) in [5.41, 5.74) is -0.418. The highest BCUT2D eigenvalue weighted by molar-refractivity contribution is 6.47. The first-order chi connectivity index (χ1) is 18.7. The molecule has 9 heteroatoms. The number of carbonyl (C=O) groups excluding carboxylic acids is 2. The van der Waals surface area contributed by atoms with Gasteiger partial charge in [-0.2, -0.15) is 13.2 Å². The predicted octanol–water partition coefficient (Wildman–Crippen LogP) is 6.22. The van der Waals surface area contributed by atoms with Gasteiger partial charge < -0.3 is 9.84 Å². The Hall–Kier alpha value is -3.04. The number of aliphatic hydroxyl groups excluding tert-OH is 1. The summed E-state index contributed by atoms with van der Waals surface area (Å²) in [6, 6.07) is 11.2. The molecule has 3 unspecified atom stereocenters. The minimum absolute atomic E-state index is 0.0629. The Morgan fingerprint density at radius 3 is 2.45 bits per heavy atom. The number of aliphatic hydroxyl groups is 1. The third-order valence-corrected chi connectivity index (χ3v) is 8.33. The van der Waals surface area contributed by atoms with Crippen LogP contribution in [0.4, 0.5) is 13.2 Å². The lowest BCUT2D eigenvalue weighted by Crippen LogP contribution is -2.56. The fourth-order valence-electron chi connectivity index (χ4n) is 5.91. The molecular weight excluding hydrogens is 521 g/mol.